The molecular formula is C10H5Br2FO2. The van der Waals surface area contributed by atoms with Gasteiger partial charge in [-0.25, -0.2) is 4.39 Å². The summed E-state index contributed by atoms with van der Waals surface area (Å²) in [5.74, 6) is 3.31. The van der Waals surface area contributed by atoms with Gasteiger partial charge in [0.1, 0.15) is 12.2 Å². The molecule has 0 aliphatic rings. The van der Waals surface area contributed by atoms with Gasteiger partial charge in [-0.05, 0) is 28.1 Å². The Balaban J connectivity index is 3.03. The van der Waals surface area contributed by atoms with E-state index in [9.17, 15) is 9.18 Å². The Morgan fingerprint density at radius 1 is 1.47 bits per heavy atom. The van der Waals surface area contributed by atoms with Crippen molar-refractivity contribution in [2.24, 2.45) is 0 Å². The maximum Gasteiger partial charge on any atom is 0.315 e. The Morgan fingerprint density at radius 3 is 2.67 bits per heavy atom. The number of halogens is 3. The lowest BCUT2D eigenvalue weighted by atomic mass is 10.2. The Bertz CT molecular complexity index is 437. The number of hydrogen-bond donors (Lipinski definition) is 1. The smallest absolute Gasteiger partial charge is 0.315 e. The van der Waals surface area contributed by atoms with Gasteiger partial charge >= 0.3 is 5.97 Å². The van der Waals surface area contributed by atoms with E-state index in [4.69, 9.17) is 5.11 Å². The topological polar surface area (TPSA) is 37.3 Å². The molecule has 0 aliphatic carbocycles. The number of carboxylic acids is 1. The van der Waals surface area contributed by atoms with Crippen LogP contribution in [0.15, 0.2) is 21.1 Å². The first-order chi connectivity index (χ1) is 7.00. The van der Waals surface area contributed by atoms with Gasteiger partial charge in [0.2, 0.25) is 0 Å². The summed E-state index contributed by atoms with van der Waals surface area (Å²) in [5.41, 5.74) is 0.166. The Labute approximate surface area is 103 Å². The Hall–Kier alpha value is -0.860. The van der Waals surface area contributed by atoms with E-state index in [1.807, 2.05) is 0 Å². The van der Waals surface area contributed by atoms with Crippen LogP contribution in [-0.2, 0) is 4.79 Å². The van der Waals surface area contributed by atoms with Crippen LogP contribution in [0.1, 0.15) is 12.0 Å². The summed E-state index contributed by atoms with van der Waals surface area (Å²) in [6.07, 6.45) is -0.304. The van der Waals surface area contributed by atoms with Crippen LogP contribution in [0.2, 0.25) is 0 Å². The van der Waals surface area contributed by atoms with Crippen molar-refractivity contribution in [2.75, 3.05) is 0 Å². The second-order valence-electron chi connectivity index (χ2n) is 2.62. The van der Waals surface area contributed by atoms with Crippen LogP contribution in [0.5, 0.6) is 0 Å². The van der Waals surface area contributed by atoms with E-state index in [0.29, 0.717) is 8.95 Å². The molecule has 0 amide bonds. The van der Waals surface area contributed by atoms with Gasteiger partial charge in [-0.15, -0.1) is 0 Å². The van der Waals surface area contributed by atoms with E-state index in [1.54, 1.807) is 6.07 Å². The van der Waals surface area contributed by atoms with Gasteiger partial charge in [-0.1, -0.05) is 27.8 Å². The summed E-state index contributed by atoms with van der Waals surface area (Å²) in [5, 5.41) is 8.36. The average Bonchev–Trinajstić information content (AvgIpc) is 2.08. The van der Waals surface area contributed by atoms with E-state index in [2.05, 4.69) is 43.7 Å². The third-order valence-corrected chi connectivity index (χ3v) is 2.54. The summed E-state index contributed by atoms with van der Waals surface area (Å²) >= 11 is 6.27. The predicted octanol–water partition coefficient (Wildman–Crippen LogP) is 3.18. The van der Waals surface area contributed by atoms with Crippen molar-refractivity contribution in [1.29, 1.82) is 0 Å². The molecule has 5 heteroatoms. The summed E-state index contributed by atoms with van der Waals surface area (Å²) in [4.78, 5) is 10.2. The second-order valence-corrected chi connectivity index (χ2v) is 4.39. The van der Waals surface area contributed by atoms with E-state index in [-0.39, 0.29) is 12.0 Å². The fourth-order valence-corrected chi connectivity index (χ4v) is 2.14. The minimum atomic E-state index is -1.03. The molecule has 0 saturated heterocycles. The quantitative estimate of drug-likeness (QED) is 0.800. The number of aliphatic carboxylic acids is 1. The molecule has 0 saturated carbocycles. The summed E-state index contributed by atoms with van der Waals surface area (Å²) < 4.78 is 14.4. The van der Waals surface area contributed by atoms with E-state index < -0.39 is 11.8 Å². The zero-order chi connectivity index (χ0) is 11.4. The zero-order valence-corrected chi connectivity index (χ0v) is 10.5. The number of carbonyl (C=O) groups is 1. The fraction of sp³-hybridized carbons (Fsp3) is 0.100. The van der Waals surface area contributed by atoms with Gasteiger partial charge in [0, 0.05) is 8.95 Å². The van der Waals surface area contributed by atoms with E-state index in [0.717, 1.165) is 0 Å². The van der Waals surface area contributed by atoms with Gasteiger partial charge < -0.3 is 5.11 Å². The van der Waals surface area contributed by atoms with Crippen LogP contribution in [0, 0.1) is 17.7 Å². The number of hydrogen-bond acceptors (Lipinski definition) is 1. The first kappa shape index (κ1) is 12.2. The van der Waals surface area contributed by atoms with Gasteiger partial charge in [-0.2, -0.15) is 0 Å². The van der Waals surface area contributed by atoms with Gasteiger partial charge in [0.25, 0.3) is 0 Å². The highest BCUT2D eigenvalue weighted by molar-refractivity contribution is 9.11. The molecule has 1 N–H and O–H groups in total. The van der Waals surface area contributed by atoms with Gasteiger partial charge in [-0.3, -0.25) is 4.79 Å². The molecule has 0 unspecified atom stereocenters. The fourth-order valence-electron chi connectivity index (χ4n) is 0.870. The first-order valence-corrected chi connectivity index (χ1v) is 5.44. The molecule has 0 aromatic heterocycles. The normalized spacial score (nSPS) is 9.27. The largest absolute Gasteiger partial charge is 0.481 e. The molecule has 0 bridgehead atoms. The summed E-state index contributed by atoms with van der Waals surface area (Å²) in [6.45, 7) is 0. The van der Waals surface area contributed by atoms with Gasteiger partial charge in [0.15, 0.2) is 0 Å². The third-order valence-electron chi connectivity index (χ3n) is 1.46. The minimum absolute atomic E-state index is 0.166. The van der Waals surface area contributed by atoms with Crippen molar-refractivity contribution in [3.63, 3.8) is 0 Å². The number of carboxylic acid groups (broad SMARTS) is 1. The second kappa shape index (κ2) is 5.29. The molecule has 0 atom stereocenters. The standard InChI is InChI=1S/C10H5Br2FO2/c11-6-4-8(12)7(9(13)5-6)2-1-3-10(14)15/h4-5H,3H2,(H,14,15). The molecule has 0 spiro atoms. The predicted molar refractivity (Wildman–Crippen MR) is 60.9 cm³/mol. The summed E-state index contributed by atoms with van der Waals surface area (Å²) in [7, 11) is 0. The molecule has 2 nitrogen and oxygen atoms in total. The molecule has 1 aromatic rings. The van der Waals surface area contributed by atoms with Gasteiger partial charge in [0.05, 0.1) is 5.56 Å². The Kier molecular flexibility index (Phi) is 4.30. The van der Waals surface area contributed by atoms with Crippen LogP contribution >= 0.6 is 31.9 Å². The molecule has 0 heterocycles. The number of benzene rings is 1. The third kappa shape index (κ3) is 3.65. The lowest BCUT2D eigenvalue weighted by Crippen LogP contribution is -1.91. The number of rotatable bonds is 1. The van der Waals surface area contributed by atoms with Crippen molar-refractivity contribution >= 4 is 37.8 Å². The van der Waals surface area contributed by atoms with Crippen LogP contribution in [-0.4, -0.2) is 11.1 Å². The molecule has 78 valence electrons. The molecule has 0 fully saturated rings. The molecule has 15 heavy (non-hydrogen) atoms. The molecular weight excluding hydrogens is 331 g/mol. The van der Waals surface area contributed by atoms with Crippen LogP contribution < -0.4 is 0 Å². The SMILES string of the molecule is O=C(O)CC#Cc1c(F)cc(Br)cc1Br. The zero-order valence-electron chi connectivity index (χ0n) is 7.35. The monoisotopic (exact) mass is 334 g/mol. The van der Waals surface area contributed by atoms with Crippen LogP contribution in [0.3, 0.4) is 0 Å². The van der Waals surface area contributed by atoms with E-state index >= 15 is 0 Å². The highest BCUT2D eigenvalue weighted by atomic mass is 79.9. The van der Waals surface area contributed by atoms with Crippen LogP contribution in [0.4, 0.5) is 4.39 Å². The first-order valence-electron chi connectivity index (χ1n) is 3.86. The maximum absolute atomic E-state index is 13.3. The highest BCUT2D eigenvalue weighted by Crippen LogP contribution is 2.24. The highest BCUT2D eigenvalue weighted by Gasteiger charge is 2.05. The van der Waals surface area contributed by atoms with Crippen molar-refractivity contribution in [3.05, 3.63) is 32.5 Å². The van der Waals surface area contributed by atoms with Crippen molar-refractivity contribution in [2.45, 2.75) is 6.42 Å². The maximum atomic E-state index is 13.3. The van der Waals surface area contributed by atoms with Crippen molar-refractivity contribution in [3.8, 4) is 11.8 Å². The lowest BCUT2D eigenvalue weighted by Gasteiger charge is -1.99. The lowest BCUT2D eigenvalue weighted by molar-refractivity contribution is -0.135. The van der Waals surface area contributed by atoms with Crippen molar-refractivity contribution in [1.82, 2.24) is 0 Å². The van der Waals surface area contributed by atoms with E-state index in [1.165, 1.54) is 6.07 Å². The van der Waals surface area contributed by atoms with Crippen LogP contribution in [0.25, 0.3) is 0 Å². The summed E-state index contributed by atoms with van der Waals surface area (Å²) in [6, 6.07) is 2.92. The molecule has 1 aromatic carbocycles. The van der Waals surface area contributed by atoms with Crippen molar-refractivity contribution < 1.29 is 14.3 Å². The molecule has 0 aliphatic heterocycles. The molecule has 0 radical (unpaired) electrons. The molecule has 1 rings (SSSR count). The minimum Gasteiger partial charge on any atom is -0.481 e. The average molecular weight is 336 g/mol. The Morgan fingerprint density at radius 2 is 2.13 bits per heavy atom.